The molecule has 0 saturated carbocycles. The number of benzene rings is 1. The number of nitrogens with one attached hydrogen (secondary N) is 1. The Hall–Kier alpha value is -0.910. The van der Waals surface area contributed by atoms with Gasteiger partial charge in [-0.25, -0.2) is 12.7 Å². The van der Waals surface area contributed by atoms with Crippen LogP contribution in [0.2, 0.25) is 0 Å². The van der Waals surface area contributed by atoms with Gasteiger partial charge in [0.05, 0.1) is 5.75 Å². The van der Waals surface area contributed by atoms with E-state index in [2.05, 4.69) is 5.32 Å². The summed E-state index contributed by atoms with van der Waals surface area (Å²) in [4.78, 5) is 0. The van der Waals surface area contributed by atoms with Crippen LogP contribution >= 0.6 is 0 Å². The van der Waals surface area contributed by atoms with E-state index in [0.717, 1.165) is 31.4 Å². The fraction of sp³-hybridized carbons (Fsp3) is 0.600. The van der Waals surface area contributed by atoms with Crippen LogP contribution in [0.4, 0.5) is 0 Å². The molecule has 0 radical (unpaired) electrons. The Morgan fingerprint density at radius 1 is 1.20 bits per heavy atom. The standard InChI is InChI=1S/C15H22N2O2S/c18-20(19,12-13-5-2-1-3-6-13)17-10-8-15-14(11-17)7-4-9-16-15/h1-3,5-6,14-16H,4,7-12H2/t14-,15+/m0/s1. The molecular formula is C15H22N2O2S. The SMILES string of the molecule is O=S(=O)(Cc1ccccc1)N1CC[C@H]2NCCC[C@H]2C1. The molecule has 0 spiro atoms. The highest BCUT2D eigenvalue weighted by molar-refractivity contribution is 7.88. The first kappa shape index (κ1) is 14.0. The number of hydrogen-bond acceptors (Lipinski definition) is 3. The Balaban J connectivity index is 1.69. The van der Waals surface area contributed by atoms with Gasteiger partial charge in [-0.3, -0.25) is 0 Å². The van der Waals surface area contributed by atoms with Gasteiger partial charge >= 0.3 is 0 Å². The van der Waals surface area contributed by atoms with Gasteiger partial charge in [-0.2, -0.15) is 0 Å². The van der Waals surface area contributed by atoms with Gasteiger partial charge < -0.3 is 5.32 Å². The Bertz CT molecular complexity index is 544. The van der Waals surface area contributed by atoms with Crippen LogP contribution in [0.1, 0.15) is 24.8 Å². The summed E-state index contributed by atoms with van der Waals surface area (Å²) in [5.74, 6) is 0.613. The molecule has 1 N–H and O–H groups in total. The molecule has 2 atom stereocenters. The third-order valence-corrected chi connectivity index (χ3v) is 6.26. The zero-order valence-electron chi connectivity index (χ0n) is 11.7. The van der Waals surface area contributed by atoms with Crippen LogP contribution in [0.15, 0.2) is 30.3 Å². The number of hydrogen-bond donors (Lipinski definition) is 1. The predicted molar refractivity (Wildman–Crippen MR) is 79.8 cm³/mol. The minimum absolute atomic E-state index is 0.124. The van der Waals surface area contributed by atoms with Crippen molar-refractivity contribution in [3.8, 4) is 0 Å². The van der Waals surface area contributed by atoms with Crippen molar-refractivity contribution in [1.29, 1.82) is 0 Å². The zero-order valence-corrected chi connectivity index (χ0v) is 12.5. The van der Waals surface area contributed by atoms with Crippen molar-refractivity contribution >= 4 is 10.0 Å². The van der Waals surface area contributed by atoms with Crippen LogP contribution in [-0.4, -0.2) is 38.4 Å². The summed E-state index contributed by atoms with van der Waals surface area (Å²) in [6, 6.07) is 9.98. The van der Waals surface area contributed by atoms with Gasteiger partial charge in [0, 0.05) is 19.1 Å². The van der Waals surface area contributed by atoms with Crippen LogP contribution in [0.5, 0.6) is 0 Å². The first-order chi connectivity index (χ1) is 9.65. The highest BCUT2D eigenvalue weighted by Gasteiger charge is 2.35. The van der Waals surface area contributed by atoms with Gasteiger partial charge in [-0.05, 0) is 37.3 Å². The summed E-state index contributed by atoms with van der Waals surface area (Å²) in [6.07, 6.45) is 3.25. The van der Waals surface area contributed by atoms with E-state index < -0.39 is 10.0 Å². The Morgan fingerprint density at radius 2 is 2.00 bits per heavy atom. The second kappa shape index (κ2) is 5.84. The van der Waals surface area contributed by atoms with Gasteiger partial charge in [-0.1, -0.05) is 30.3 Å². The summed E-state index contributed by atoms with van der Waals surface area (Å²) in [7, 11) is -3.18. The first-order valence-electron chi connectivity index (χ1n) is 7.40. The normalized spacial score (nSPS) is 28.0. The quantitative estimate of drug-likeness (QED) is 0.921. The van der Waals surface area contributed by atoms with Gasteiger partial charge in [0.2, 0.25) is 10.0 Å². The molecule has 0 aromatic heterocycles. The van der Waals surface area contributed by atoms with E-state index >= 15 is 0 Å². The van der Waals surface area contributed by atoms with E-state index in [9.17, 15) is 8.42 Å². The molecule has 1 aromatic carbocycles. The molecule has 110 valence electrons. The predicted octanol–water partition coefficient (Wildman–Crippen LogP) is 1.59. The third kappa shape index (κ3) is 3.05. The average molecular weight is 294 g/mol. The van der Waals surface area contributed by atoms with E-state index in [1.54, 1.807) is 4.31 Å². The maximum absolute atomic E-state index is 12.5. The maximum Gasteiger partial charge on any atom is 0.218 e. The topological polar surface area (TPSA) is 49.4 Å². The fourth-order valence-corrected chi connectivity index (χ4v) is 4.94. The second-order valence-electron chi connectivity index (χ2n) is 5.85. The molecule has 3 rings (SSSR count). The Morgan fingerprint density at radius 3 is 2.80 bits per heavy atom. The number of nitrogens with zero attached hydrogens (tertiary/aromatic N) is 1. The zero-order chi connectivity index (χ0) is 14.0. The van der Waals surface area contributed by atoms with Crippen LogP contribution in [0, 0.1) is 5.92 Å². The van der Waals surface area contributed by atoms with Crippen LogP contribution in [0.25, 0.3) is 0 Å². The minimum atomic E-state index is -3.18. The molecule has 2 saturated heterocycles. The fourth-order valence-electron chi connectivity index (χ4n) is 3.34. The molecule has 0 unspecified atom stereocenters. The van der Waals surface area contributed by atoms with Crippen LogP contribution < -0.4 is 5.32 Å². The van der Waals surface area contributed by atoms with Crippen molar-refractivity contribution in [2.75, 3.05) is 19.6 Å². The van der Waals surface area contributed by atoms with Crippen molar-refractivity contribution in [2.24, 2.45) is 5.92 Å². The van der Waals surface area contributed by atoms with E-state index in [4.69, 9.17) is 0 Å². The van der Waals surface area contributed by atoms with Crippen molar-refractivity contribution in [2.45, 2.75) is 31.1 Å². The lowest BCUT2D eigenvalue weighted by atomic mass is 9.86. The van der Waals surface area contributed by atoms with E-state index in [1.165, 1.54) is 0 Å². The first-order valence-corrected chi connectivity index (χ1v) is 9.01. The number of sulfonamides is 1. The maximum atomic E-state index is 12.5. The lowest BCUT2D eigenvalue weighted by molar-refractivity contribution is 0.170. The largest absolute Gasteiger partial charge is 0.314 e. The molecule has 2 fully saturated rings. The average Bonchev–Trinajstić information content (AvgIpc) is 2.47. The molecular weight excluding hydrogens is 272 g/mol. The molecule has 1 aromatic rings. The molecule has 0 amide bonds. The van der Waals surface area contributed by atoms with Crippen molar-refractivity contribution in [3.05, 3.63) is 35.9 Å². The molecule has 2 aliphatic heterocycles. The molecule has 0 bridgehead atoms. The summed E-state index contributed by atoms with van der Waals surface area (Å²) in [5, 5.41) is 3.52. The van der Waals surface area contributed by atoms with Crippen LogP contribution in [-0.2, 0) is 15.8 Å². The molecule has 0 aliphatic carbocycles. The van der Waals surface area contributed by atoms with E-state index in [1.807, 2.05) is 30.3 Å². The van der Waals surface area contributed by atoms with Gasteiger partial charge in [0.15, 0.2) is 0 Å². The van der Waals surface area contributed by atoms with Crippen molar-refractivity contribution in [1.82, 2.24) is 9.62 Å². The second-order valence-corrected chi connectivity index (χ2v) is 7.82. The lowest BCUT2D eigenvalue weighted by Crippen LogP contribution is -2.53. The highest BCUT2D eigenvalue weighted by Crippen LogP contribution is 2.27. The van der Waals surface area contributed by atoms with Crippen molar-refractivity contribution in [3.63, 3.8) is 0 Å². The van der Waals surface area contributed by atoms with Gasteiger partial charge in [0.25, 0.3) is 0 Å². The van der Waals surface area contributed by atoms with E-state index in [0.29, 0.717) is 25.0 Å². The van der Waals surface area contributed by atoms with Gasteiger partial charge in [-0.15, -0.1) is 0 Å². The third-order valence-electron chi connectivity index (χ3n) is 4.44. The summed E-state index contributed by atoms with van der Waals surface area (Å²) in [6.45, 7) is 2.42. The summed E-state index contributed by atoms with van der Waals surface area (Å²) in [5.41, 5.74) is 0.872. The lowest BCUT2D eigenvalue weighted by Gasteiger charge is -2.41. The van der Waals surface area contributed by atoms with Crippen LogP contribution in [0.3, 0.4) is 0 Å². The smallest absolute Gasteiger partial charge is 0.218 e. The monoisotopic (exact) mass is 294 g/mol. The molecule has 5 heteroatoms. The van der Waals surface area contributed by atoms with Gasteiger partial charge in [0.1, 0.15) is 0 Å². The Kier molecular flexibility index (Phi) is 4.10. The highest BCUT2D eigenvalue weighted by atomic mass is 32.2. The summed E-state index contributed by atoms with van der Waals surface area (Å²) < 4.78 is 26.8. The summed E-state index contributed by atoms with van der Waals surface area (Å²) >= 11 is 0. The molecule has 2 aliphatic rings. The molecule has 2 heterocycles. The molecule has 4 nitrogen and oxygen atoms in total. The van der Waals surface area contributed by atoms with Crippen molar-refractivity contribution < 1.29 is 8.42 Å². The Labute approximate surface area is 121 Å². The minimum Gasteiger partial charge on any atom is -0.314 e. The number of piperidine rings is 2. The number of fused-ring (bicyclic) bond motifs is 1. The molecule has 20 heavy (non-hydrogen) atoms. The number of rotatable bonds is 3. The van der Waals surface area contributed by atoms with E-state index in [-0.39, 0.29) is 5.75 Å².